The Hall–Kier alpha value is -1.19. The number of nitrogens with one attached hydrogen (secondary N) is 1. The minimum absolute atomic E-state index is 0.0883. The molecule has 0 spiro atoms. The molecule has 0 fully saturated rings. The summed E-state index contributed by atoms with van der Waals surface area (Å²) < 4.78 is 13.7. The fourth-order valence-electron chi connectivity index (χ4n) is 2.12. The Balaban J connectivity index is 2.35. The summed E-state index contributed by atoms with van der Waals surface area (Å²) >= 11 is 1.80. The normalized spacial score (nSPS) is 12.6. The van der Waals surface area contributed by atoms with Crippen LogP contribution in [0.1, 0.15) is 40.8 Å². The molecule has 0 aliphatic rings. The van der Waals surface area contributed by atoms with Crippen molar-refractivity contribution < 1.29 is 4.39 Å². The minimum Gasteiger partial charge on any atom is -0.306 e. The van der Waals surface area contributed by atoms with Crippen LogP contribution in [-0.2, 0) is 6.42 Å². The van der Waals surface area contributed by atoms with Gasteiger partial charge in [-0.05, 0) is 49.2 Å². The first kappa shape index (κ1) is 14.2. The largest absolute Gasteiger partial charge is 0.306 e. The highest BCUT2D eigenvalue weighted by molar-refractivity contribution is 7.12. The van der Waals surface area contributed by atoms with E-state index in [0.717, 1.165) is 18.5 Å². The Bertz CT molecular complexity index is 547. The molecule has 1 aromatic heterocycles. The second kappa shape index (κ2) is 6.31. The van der Waals surface area contributed by atoms with Gasteiger partial charge in [-0.15, -0.1) is 11.3 Å². The Morgan fingerprint density at radius 1 is 1.21 bits per heavy atom. The molecular weight excluding hydrogens is 257 g/mol. The lowest BCUT2D eigenvalue weighted by atomic mass is 10.0. The molecule has 0 saturated heterocycles. The van der Waals surface area contributed by atoms with Gasteiger partial charge in [-0.2, -0.15) is 0 Å². The maximum absolute atomic E-state index is 13.7. The van der Waals surface area contributed by atoms with Gasteiger partial charge in [-0.25, -0.2) is 4.39 Å². The predicted molar refractivity (Wildman–Crippen MR) is 80.4 cm³/mol. The van der Waals surface area contributed by atoms with Crippen LogP contribution < -0.4 is 5.32 Å². The average molecular weight is 277 g/mol. The van der Waals surface area contributed by atoms with Crippen LogP contribution in [0.4, 0.5) is 4.39 Å². The van der Waals surface area contributed by atoms with Crippen molar-refractivity contribution >= 4 is 11.3 Å². The van der Waals surface area contributed by atoms with Crippen molar-refractivity contribution in [3.63, 3.8) is 0 Å². The molecular formula is C16H20FNS. The van der Waals surface area contributed by atoms with Gasteiger partial charge in [0.2, 0.25) is 0 Å². The van der Waals surface area contributed by atoms with Crippen molar-refractivity contribution in [1.29, 1.82) is 0 Å². The maximum Gasteiger partial charge on any atom is 0.126 e. The molecule has 2 aromatic rings. The van der Waals surface area contributed by atoms with E-state index in [1.54, 1.807) is 24.3 Å². The van der Waals surface area contributed by atoms with Crippen molar-refractivity contribution in [3.05, 3.63) is 57.0 Å². The van der Waals surface area contributed by atoms with Crippen LogP contribution in [-0.4, -0.2) is 6.54 Å². The first-order valence-electron chi connectivity index (χ1n) is 6.73. The number of hydrogen-bond acceptors (Lipinski definition) is 2. The number of halogens is 1. The number of hydrogen-bond donors (Lipinski definition) is 1. The summed E-state index contributed by atoms with van der Waals surface area (Å²) in [6.07, 6.45) is 1.05. The van der Waals surface area contributed by atoms with Gasteiger partial charge in [0.1, 0.15) is 5.82 Å². The Labute approximate surface area is 118 Å². The highest BCUT2D eigenvalue weighted by Gasteiger charge is 2.16. The highest BCUT2D eigenvalue weighted by Crippen LogP contribution is 2.29. The molecule has 0 amide bonds. The van der Waals surface area contributed by atoms with E-state index in [1.165, 1.54) is 9.75 Å². The molecule has 3 heteroatoms. The van der Waals surface area contributed by atoms with Crippen molar-refractivity contribution in [3.8, 4) is 0 Å². The summed E-state index contributed by atoms with van der Waals surface area (Å²) in [4.78, 5) is 2.62. The summed E-state index contributed by atoms with van der Waals surface area (Å²) in [6.45, 7) is 6.89. The van der Waals surface area contributed by atoms with Gasteiger partial charge in [0.15, 0.2) is 0 Å². The van der Waals surface area contributed by atoms with Crippen LogP contribution in [0.25, 0.3) is 0 Å². The minimum atomic E-state index is -0.132. The zero-order valence-corrected chi connectivity index (χ0v) is 12.5. The number of rotatable bonds is 5. The number of thiophene rings is 1. The van der Waals surface area contributed by atoms with E-state index in [4.69, 9.17) is 0 Å². The summed E-state index contributed by atoms with van der Waals surface area (Å²) in [5.41, 5.74) is 1.69. The standard InChI is InChI=1S/C16H20FNS/c1-4-13-8-9-15(19-13)16(18-5-2)12-7-6-11(3)14(17)10-12/h6-10,16,18H,4-5H2,1-3H3. The van der Waals surface area contributed by atoms with E-state index in [1.807, 2.05) is 12.1 Å². The molecule has 2 rings (SSSR count). The summed E-state index contributed by atoms with van der Waals surface area (Å²) in [6, 6.07) is 9.91. The number of aryl methyl sites for hydroxylation is 2. The lowest BCUT2D eigenvalue weighted by Gasteiger charge is -2.17. The lowest BCUT2D eigenvalue weighted by Crippen LogP contribution is -2.21. The molecule has 1 N–H and O–H groups in total. The van der Waals surface area contributed by atoms with Crippen LogP contribution in [0.5, 0.6) is 0 Å². The molecule has 0 aliphatic heterocycles. The van der Waals surface area contributed by atoms with Gasteiger partial charge in [0.05, 0.1) is 6.04 Å². The van der Waals surface area contributed by atoms with E-state index in [9.17, 15) is 4.39 Å². The fraction of sp³-hybridized carbons (Fsp3) is 0.375. The second-order valence-corrected chi connectivity index (χ2v) is 5.86. The maximum atomic E-state index is 13.7. The second-order valence-electron chi connectivity index (χ2n) is 4.66. The van der Waals surface area contributed by atoms with Crippen molar-refractivity contribution in [2.45, 2.75) is 33.2 Å². The summed E-state index contributed by atoms with van der Waals surface area (Å²) in [7, 11) is 0. The smallest absolute Gasteiger partial charge is 0.126 e. The van der Waals surface area contributed by atoms with Crippen molar-refractivity contribution in [1.82, 2.24) is 5.32 Å². The Morgan fingerprint density at radius 2 is 2.00 bits per heavy atom. The lowest BCUT2D eigenvalue weighted by molar-refractivity contribution is 0.600. The topological polar surface area (TPSA) is 12.0 Å². The van der Waals surface area contributed by atoms with Crippen molar-refractivity contribution in [2.24, 2.45) is 0 Å². The highest BCUT2D eigenvalue weighted by atomic mass is 32.1. The quantitative estimate of drug-likeness (QED) is 0.851. The first-order chi connectivity index (χ1) is 9.15. The van der Waals surface area contributed by atoms with Gasteiger partial charge < -0.3 is 5.32 Å². The third-order valence-corrected chi connectivity index (χ3v) is 4.55. The Morgan fingerprint density at radius 3 is 2.58 bits per heavy atom. The van der Waals surface area contributed by atoms with Gasteiger partial charge >= 0.3 is 0 Å². The molecule has 0 saturated carbocycles. The summed E-state index contributed by atoms with van der Waals surface area (Å²) in [5, 5.41) is 3.44. The van der Waals surface area contributed by atoms with Gasteiger partial charge in [0.25, 0.3) is 0 Å². The van der Waals surface area contributed by atoms with E-state index < -0.39 is 0 Å². The fourth-order valence-corrected chi connectivity index (χ4v) is 3.17. The molecule has 19 heavy (non-hydrogen) atoms. The third kappa shape index (κ3) is 3.23. The zero-order chi connectivity index (χ0) is 13.8. The van der Waals surface area contributed by atoms with E-state index in [2.05, 4.69) is 31.3 Å². The monoisotopic (exact) mass is 277 g/mol. The molecule has 1 heterocycles. The third-order valence-electron chi connectivity index (χ3n) is 3.25. The molecule has 102 valence electrons. The Kier molecular flexibility index (Phi) is 4.72. The first-order valence-corrected chi connectivity index (χ1v) is 7.55. The zero-order valence-electron chi connectivity index (χ0n) is 11.7. The van der Waals surface area contributed by atoms with E-state index in [0.29, 0.717) is 5.56 Å². The van der Waals surface area contributed by atoms with Crippen molar-refractivity contribution in [2.75, 3.05) is 6.54 Å². The molecule has 1 aromatic carbocycles. The van der Waals surface area contributed by atoms with Gasteiger partial charge in [-0.1, -0.05) is 26.0 Å². The van der Waals surface area contributed by atoms with Crippen LogP contribution in [0.3, 0.4) is 0 Å². The summed E-state index contributed by atoms with van der Waals surface area (Å²) in [5.74, 6) is -0.132. The van der Waals surface area contributed by atoms with Crippen LogP contribution in [0.15, 0.2) is 30.3 Å². The van der Waals surface area contributed by atoms with E-state index >= 15 is 0 Å². The SMILES string of the molecule is CCNC(c1ccc(C)c(F)c1)c1ccc(CC)s1. The molecule has 1 atom stereocenters. The molecule has 0 bridgehead atoms. The number of benzene rings is 1. The molecule has 0 aliphatic carbocycles. The molecule has 1 unspecified atom stereocenters. The van der Waals surface area contributed by atoms with E-state index in [-0.39, 0.29) is 11.9 Å². The molecule has 0 radical (unpaired) electrons. The average Bonchev–Trinajstić information content (AvgIpc) is 2.88. The van der Waals surface area contributed by atoms with Crippen LogP contribution >= 0.6 is 11.3 Å². The predicted octanol–water partition coefficient (Wildman–Crippen LogP) is 4.46. The molecule has 1 nitrogen and oxygen atoms in total. The van der Waals surface area contributed by atoms with Gasteiger partial charge in [0, 0.05) is 9.75 Å². The van der Waals surface area contributed by atoms with Gasteiger partial charge in [-0.3, -0.25) is 0 Å². The van der Waals surface area contributed by atoms with Crippen LogP contribution in [0, 0.1) is 12.7 Å². The van der Waals surface area contributed by atoms with Crippen LogP contribution in [0.2, 0.25) is 0 Å².